The molecule has 1 atom stereocenters. The van der Waals surface area contributed by atoms with E-state index in [1.54, 1.807) is 0 Å². The van der Waals surface area contributed by atoms with Crippen molar-refractivity contribution in [2.75, 3.05) is 16.8 Å². The quantitative estimate of drug-likeness (QED) is 0.716. The minimum Gasteiger partial charge on any atom is -0.368 e. The van der Waals surface area contributed by atoms with Gasteiger partial charge in [-0.3, -0.25) is 0 Å². The van der Waals surface area contributed by atoms with E-state index in [4.69, 9.17) is 0 Å². The molecule has 1 aromatic rings. The highest BCUT2D eigenvalue weighted by Crippen LogP contribution is 2.37. The lowest BCUT2D eigenvalue weighted by molar-refractivity contribution is 0.306. The maximum absolute atomic E-state index is 3.73. The predicted octanol–water partition coefficient (Wildman–Crippen LogP) is 4.64. The topological polar surface area (TPSA) is 3.24 Å². The monoisotopic (exact) mass is 309 g/mol. The largest absolute Gasteiger partial charge is 0.368 e. The Hall–Kier alpha value is -0.500. The smallest absolute Gasteiger partial charge is 0.0402 e. The van der Waals surface area contributed by atoms with Crippen LogP contribution in [0.25, 0.3) is 0 Å². The molecule has 1 nitrogen and oxygen atoms in total. The summed E-state index contributed by atoms with van der Waals surface area (Å²) < 4.78 is 0. The first-order valence-electron chi connectivity index (χ1n) is 7.06. The lowest BCUT2D eigenvalue weighted by atomic mass is 9.84. The number of nitrogens with zero attached hydrogens (tertiary/aromatic N) is 1. The molecule has 1 aliphatic heterocycles. The first kappa shape index (κ1) is 13.9. The maximum atomic E-state index is 3.73. The van der Waals surface area contributed by atoms with E-state index in [-0.39, 0.29) is 0 Å². The number of benzene rings is 1. The van der Waals surface area contributed by atoms with Gasteiger partial charge in [-0.25, -0.2) is 0 Å². The molecule has 0 aliphatic carbocycles. The highest BCUT2D eigenvalue weighted by Gasteiger charge is 2.33. The fourth-order valence-corrected chi connectivity index (χ4v) is 3.91. The van der Waals surface area contributed by atoms with Crippen molar-refractivity contribution in [1.82, 2.24) is 0 Å². The number of hydrogen-bond acceptors (Lipinski definition) is 1. The average molecular weight is 310 g/mol. The molecule has 0 N–H and O–H groups in total. The van der Waals surface area contributed by atoms with Gasteiger partial charge in [0.25, 0.3) is 0 Å². The first-order chi connectivity index (χ1) is 8.65. The van der Waals surface area contributed by atoms with Crippen molar-refractivity contribution in [3.63, 3.8) is 0 Å². The summed E-state index contributed by atoms with van der Waals surface area (Å²) in [6.45, 7) is 8.16. The second-order valence-corrected chi connectivity index (χ2v) is 6.21. The number of anilines is 1. The number of halogens is 1. The van der Waals surface area contributed by atoms with Gasteiger partial charge in [0.2, 0.25) is 0 Å². The summed E-state index contributed by atoms with van der Waals surface area (Å²) in [5.41, 5.74) is 3.38. The number of hydrogen-bond donors (Lipinski definition) is 0. The Bertz CT molecular complexity index is 390. The zero-order valence-corrected chi connectivity index (χ0v) is 13.3. The Kier molecular flexibility index (Phi) is 4.37. The Morgan fingerprint density at radius 3 is 2.56 bits per heavy atom. The lowest BCUT2D eigenvalue weighted by Crippen LogP contribution is -2.41. The third-order valence-corrected chi connectivity index (χ3v) is 5.83. The lowest BCUT2D eigenvalue weighted by Gasteiger charge is -2.37. The van der Waals surface area contributed by atoms with Gasteiger partial charge in [-0.1, -0.05) is 48.0 Å². The van der Waals surface area contributed by atoms with Crippen molar-refractivity contribution >= 4 is 21.6 Å². The molecule has 0 amide bonds. The zero-order chi connectivity index (χ0) is 13.2. The van der Waals surface area contributed by atoms with Crippen molar-refractivity contribution in [1.29, 1.82) is 0 Å². The number of fused-ring (bicyclic) bond motifs is 1. The van der Waals surface area contributed by atoms with E-state index in [1.807, 2.05) is 0 Å². The molecule has 0 aromatic heterocycles. The molecule has 0 saturated carbocycles. The number of rotatable bonds is 5. The van der Waals surface area contributed by atoms with E-state index >= 15 is 0 Å². The van der Waals surface area contributed by atoms with Gasteiger partial charge in [0.15, 0.2) is 0 Å². The number of para-hydroxylation sites is 1. The minimum atomic E-state index is 0.408. The maximum Gasteiger partial charge on any atom is 0.0402 e. The molecule has 100 valence electrons. The Labute approximate surface area is 120 Å². The highest BCUT2D eigenvalue weighted by atomic mass is 79.9. The van der Waals surface area contributed by atoms with Crippen LogP contribution in [0, 0.1) is 5.41 Å². The third kappa shape index (κ3) is 2.45. The van der Waals surface area contributed by atoms with Crippen LogP contribution < -0.4 is 4.90 Å². The summed E-state index contributed by atoms with van der Waals surface area (Å²) in [5.74, 6) is 0. The number of alkyl halides is 1. The second-order valence-electron chi connectivity index (χ2n) is 5.65. The summed E-state index contributed by atoms with van der Waals surface area (Å²) >= 11 is 3.73. The van der Waals surface area contributed by atoms with E-state index in [2.05, 4.69) is 65.9 Å². The molecule has 0 spiro atoms. The zero-order valence-electron chi connectivity index (χ0n) is 11.7. The molecule has 0 fully saturated rings. The van der Waals surface area contributed by atoms with E-state index < -0.39 is 0 Å². The molecule has 18 heavy (non-hydrogen) atoms. The molecular formula is C16H24BrN. The minimum absolute atomic E-state index is 0.408. The van der Waals surface area contributed by atoms with Crippen LogP contribution in [0.2, 0.25) is 0 Å². The first-order valence-corrected chi connectivity index (χ1v) is 8.18. The van der Waals surface area contributed by atoms with Crippen LogP contribution in [0.15, 0.2) is 24.3 Å². The van der Waals surface area contributed by atoms with Crippen molar-refractivity contribution < 1.29 is 0 Å². The van der Waals surface area contributed by atoms with E-state index in [1.165, 1.54) is 37.1 Å². The highest BCUT2D eigenvalue weighted by molar-refractivity contribution is 9.09. The molecule has 0 bridgehead atoms. The summed E-state index contributed by atoms with van der Waals surface area (Å²) in [7, 11) is 0. The molecule has 1 unspecified atom stereocenters. The third-order valence-electron chi connectivity index (χ3n) is 4.64. The summed E-state index contributed by atoms with van der Waals surface area (Å²) in [6, 6.07) is 9.52. The molecular weight excluding hydrogens is 286 g/mol. The molecule has 1 heterocycles. The fourth-order valence-electron chi connectivity index (χ4n) is 2.94. The van der Waals surface area contributed by atoms with Crippen LogP contribution in [0.5, 0.6) is 0 Å². The summed E-state index contributed by atoms with van der Waals surface area (Å²) in [4.78, 5) is 2.61. The van der Waals surface area contributed by atoms with Crippen molar-refractivity contribution in [3.05, 3.63) is 29.8 Å². The molecule has 2 rings (SSSR count). The molecule has 1 aromatic carbocycles. The van der Waals surface area contributed by atoms with Crippen LogP contribution in [0.3, 0.4) is 0 Å². The van der Waals surface area contributed by atoms with Gasteiger partial charge in [-0.2, -0.15) is 0 Å². The van der Waals surface area contributed by atoms with Crippen molar-refractivity contribution in [3.8, 4) is 0 Å². The van der Waals surface area contributed by atoms with Crippen LogP contribution in [-0.4, -0.2) is 17.9 Å². The van der Waals surface area contributed by atoms with Gasteiger partial charge in [0.05, 0.1) is 0 Å². The summed E-state index contributed by atoms with van der Waals surface area (Å²) in [6.07, 6.45) is 3.67. The Morgan fingerprint density at radius 2 is 1.94 bits per heavy atom. The normalized spacial score (nSPS) is 19.1. The van der Waals surface area contributed by atoms with Crippen LogP contribution >= 0.6 is 15.9 Å². The van der Waals surface area contributed by atoms with Crippen LogP contribution in [-0.2, 0) is 6.42 Å². The van der Waals surface area contributed by atoms with Crippen molar-refractivity contribution in [2.45, 2.75) is 46.1 Å². The molecule has 0 radical (unpaired) electrons. The van der Waals surface area contributed by atoms with Crippen LogP contribution in [0.4, 0.5) is 5.69 Å². The van der Waals surface area contributed by atoms with Gasteiger partial charge < -0.3 is 4.90 Å². The summed E-state index contributed by atoms with van der Waals surface area (Å²) in [5, 5.41) is 1.10. The average Bonchev–Trinajstić information content (AvgIpc) is 2.72. The predicted molar refractivity (Wildman–Crippen MR) is 83.8 cm³/mol. The Balaban J connectivity index is 2.24. The second kappa shape index (κ2) is 5.64. The van der Waals surface area contributed by atoms with Gasteiger partial charge in [-0.05, 0) is 43.2 Å². The van der Waals surface area contributed by atoms with Gasteiger partial charge in [-0.15, -0.1) is 0 Å². The Morgan fingerprint density at radius 1 is 1.28 bits per heavy atom. The van der Waals surface area contributed by atoms with Gasteiger partial charge in [0.1, 0.15) is 0 Å². The van der Waals surface area contributed by atoms with Crippen molar-refractivity contribution in [2.24, 2.45) is 5.41 Å². The standard InChI is InChI=1S/C16H24BrN/c1-4-16(5-2,11-17)12-18-13(3)10-14-8-6-7-9-15(14)18/h6-9,13H,4-5,10-12H2,1-3H3. The molecule has 1 aliphatic rings. The molecule has 2 heteroatoms. The molecule has 0 saturated heterocycles. The van der Waals surface area contributed by atoms with Crippen LogP contribution in [0.1, 0.15) is 39.2 Å². The van der Waals surface area contributed by atoms with Gasteiger partial charge >= 0.3 is 0 Å². The van der Waals surface area contributed by atoms with Gasteiger partial charge in [0, 0.05) is 23.6 Å². The van der Waals surface area contributed by atoms with E-state index in [9.17, 15) is 0 Å². The fraction of sp³-hybridized carbons (Fsp3) is 0.625. The van der Waals surface area contributed by atoms with E-state index in [0.717, 1.165) is 5.33 Å². The van der Waals surface area contributed by atoms with E-state index in [0.29, 0.717) is 11.5 Å². The SMILES string of the molecule is CCC(CC)(CBr)CN1c2ccccc2CC1C.